The van der Waals surface area contributed by atoms with Crippen molar-refractivity contribution in [3.05, 3.63) is 138 Å². The van der Waals surface area contributed by atoms with Crippen molar-refractivity contribution in [2.75, 3.05) is 27.1 Å². The van der Waals surface area contributed by atoms with Crippen LogP contribution in [0.3, 0.4) is 0 Å². The van der Waals surface area contributed by atoms with Gasteiger partial charge in [-0.1, -0.05) is 109 Å². The molecule has 0 saturated heterocycles. The maximum Gasteiger partial charge on any atom is 0.296 e. The summed E-state index contributed by atoms with van der Waals surface area (Å²) in [5.74, 6) is 0. The van der Waals surface area contributed by atoms with Gasteiger partial charge in [0.1, 0.15) is 12.4 Å². The summed E-state index contributed by atoms with van der Waals surface area (Å²) in [5.41, 5.74) is 3.43. The number of methoxy groups -OCH3 is 1. The number of ether oxygens (including phenoxy) is 3. The zero-order valence-corrected chi connectivity index (χ0v) is 25.2. The number of unbranched alkanes of at least 4 members (excludes halogenated alkanes) is 1. The molecule has 42 heavy (non-hydrogen) atoms. The summed E-state index contributed by atoms with van der Waals surface area (Å²) < 4.78 is 48.3. The monoisotopic (exact) mass is 588 g/mol. The minimum Gasteiger partial charge on any atom is -0.361 e. The second kappa shape index (κ2) is 15.8. The van der Waals surface area contributed by atoms with Crippen LogP contribution in [-0.2, 0) is 34.1 Å². The summed E-state index contributed by atoms with van der Waals surface area (Å²) in [5, 5.41) is 0. The Bertz CT molecular complexity index is 1330. The highest BCUT2D eigenvalue weighted by Crippen LogP contribution is 2.40. The zero-order chi connectivity index (χ0) is 29.7. The first-order chi connectivity index (χ1) is 20.5. The SMILES string of the molecule is COCO[C@@H](CCCCOC(c1ccccc1)(c1ccccc1)c1ccccc1)CCOS(=O)(=O)c1ccc(C)cc1. The van der Waals surface area contributed by atoms with E-state index in [2.05, 4.69) is 36.4 Å². The fourth-order valence-corrected chi connectivity index (χ4v) is 5.93. The summed E-state index contributed by atoms with van der Waals surface area (Å²) in [7, 11) is -2.26. The van der Waals surface area contributed by atoms with Crippen molar-refractivity contribution in [3.8, 4) is 0 Å². The minimum absolute atomic E-state index is 0.0280. The number of hydrogen-bond donors (Lipinski definition) is 0. The van der Waals surface area contributed by atoms with E-state index < -0.39 is 15.7 Å². The van der Waals surface area contributed by atoms with Crippen LogP contribution in [0.25, 0.3) is 0 Å². The Morgan fingerprint density at radius 1 is 0.667 bits per heavy atom. The van der Waals surface area contributed by atoms with Crippen molar-refractivity contribution in [3.63, 3.8) is 0 Å². The van der Waals surface area contributed by atoms with Crippen LogP contribution in [0.5, 0.6) is 0 Å². The average molecular weight is 589 g/mol. The van der Waals surface area contributed by atoms with Gasteiger partial charge < -0.3 is 14.2 Å². The lowest BCUT2D eigenvalue weighted by Crippen LogP contribution is -2.33. The molecule has 0 N–H and O–H groups in total. The first-order valence-corrected chi connectivity index (χ1v) is 15.7. The molecule has 1 atom stereocenters. The highest BCUT2D eigenvalue weighted by molar-refractivity contribution is 7.86. The normalized spacial score (nSPS) is 12.7. The molecule has 0 radical (unpaired) electrons. The van der Waals surface area contributed by atoms with Crippen LogP contribution < -0.4 is 0 Å². The summed E-state index contributed by atoms with van der Waals surface area (Å²) in [6.45, 7) is 2.59. The molecule has 0 saturated carbocycles. The number of rotatable bonds is 17. The molecule has 0 aliphatic carbocycles. The smallest absolute Gasteiger partial charge is 0.296 e. The molecule has 0 aliphatic heterocycles. The quantitative estimate of drug-likeness (QED) is 0.0560. The summed E-state index contributed by atoms with van der Waals surface area (Å²) >= 11 is 0. The Hall–Kier alpha value is -3.33. The molecule has 222 valence electrons. The second-order valence-electron chi connectivity index (χ2n) is 10.2. The highest BCUT2D eigenvalue weighted by Gasteiger charge is 2.37. The van der Waals surface area contributed by atoms with E-state index in [-0.39, 0.29) is 24.4 Å². The predicted octanol–water partition coefficient (Wildman–Crippen LogP) is 7.26. The fourth-order valence-electron chi connectivity index (χ4n) is 5.01. The van der Waals surface area contributed by atoms with Gasteiger partial charge in [0.15, 0.2) is 0 Å². The van der Waals surface area contributed by atoms with Crippen LogP contribution in [0, 0.1) is 6.92 Å². The highest BCUT2D eigenvalue weighted by atomic mass is 32.2. The lowest BCUT2D eigenvalue weighted by Gasteiger charge is -2.36. The first-order valence-electron chi connectivity index (χ1n) is 14.3. The van der Waals surface area contributed by atoms with E-state index in [0.717, 1.165) is 41.5 Å². The fraction of sp³-hybridized carbons (Fsp3) is 0.314. The Morgan fingerprint density at radius 3 is 1.69 bits per heavy atom. The maximum atomic E-state index is 12.6. The van der Waals surface area contributed by atoms with E-state index in [1.807, 2.05) is 61.5 Å². The van der Waals surface area contributed by atoms with Crippen LogP contribution in [0.4, 0.5) is 0 Å². The summed E-state index contributed by atoms with van der Waals surface area (Å²) in [6.07, 6.45) is 2.56. The third-order valence-electron chi connectivity index (χ3n) is 7.19. The lowest BCUT2D eigenvalue weighted by molar-refractivity contribution is -0.0802. The molecule has 0 fully saturated rings. The Labute approximate surface area is 250 Å². The van der Waals surface area contributed by atoms with Gasteiger partial charge in [-0.05, 0) is 61.4 Å². The van der Waals surface area contributed by atoms with E-state index >= 15 is 0 Å². The molecule has 4 aromatic carbocycles. The average Bonchev–Trinajstić information content (AvgIpc) is 3.03. The molecule has 0 spiro atoms. The van der Waals surface area contributed by atoms with Crippen LogP contribution in [0.2, 0.25) is 0 Å². The van der Waals surface area contributed by atoms with Gasteiger partial charge >= 0.3 is 0 Å². The molecular weight excluding hydrogens is 548 g/mol. The van der Waals surface area contributed by atoms with Crippen LogP contribution in [0.15, 0.2) is 120 Å². The van der Waals surface area contributed by atoms with Crippen molar-refractivity contribution in [1.82, 2.24) is 0 Å². The molecule has 0 aliphatic rings. The van der Waals surface area contributed by atoms with Gasteiger partial charge in [-0.15, -0.1) is 0 Å². The number of aryl methyl sites for hydroxylation is 1. The molecule has 0 bridgehead atoms. The Kier molecular flexibility index (Phi) is 11.9. The zero-order valence-electron chi connectivity index (χ0n) is 24.4. The predicted molar refractivity (Wildman–Crippen MR) is 165 cm³/mol. The third-order valence-corrected chi connectivity index (χ3v) is 8.52. The number of hydrogen-bond acceptors (Lipinski definition) is 6. The molecule has 6 nitrogen and oxygen atoms in total. The van der Waals surface area contributed by atoms with Crippen LogP contribution >= 0.6 is 0 Å². The Morgan fingerprint density at radius 2 is 1.19 bits per heavy atom. The molecule has 0 amide bonds. The van der Waals surface area contributed by atoms with Gasteiger partial charge in [0, 0.05) is 13.7 Å². The van der Waals surface area contributed by atoms with E-state index in [9.17, 15) is 8.42 Å². The molecule has 4 rings (SSSR count). The number of benzene rings is 4. The van der Waals surface area contributed by atoms with Gasteiger partial charge in [-0.2, -0.15) is 8.42 Å². The summed E-state index contributed by atoms with van der Waals surface area (Å²) in [6, 6.07) is 37.6. The van der Waals surface area contributed by atoms with E-state index in [1.165, 1.54) is 0 Å². The molecule has 4 aromatic rings. The first kappa shape index (κ1) is 31.6. The van der Waals surface area contributed by atoms with Gasteiger partial charge in [-0.25, -0.2) is 0 Å². The van der Waals surface area contributed by atoms with Crippen LogP contribution in [-0.4, -0.2) is 41.6 Å². The lowest BCUT2D eigenvalue weighted by atomic mass is 9.80. The van der Waals surface area contributed by atoms with Crippen LogP contribution in [0.1, 0.15) is 47.9 Å². The van der Waals surface area contributed by atoms with Gasteiger partial charge in [0.05, 0.1) is 17.6 Å². The Balaban J connectivity index is 1.39. The van der Waals surface area contributed by atoms with Crippen molar-refractivity contribution in [2.24, 2.45) is 0 Å². The largest absolute Gasteiger partial charge is 0.361 e. The molecule has 7 heteroatoms. The van der Waals surface area contributed by atoms with E-state index in [1.54, 1.807) is 31.4 Å². The molecule has 0 heterocycles. The van der Waals surface area contributed by atoms with Crippen molar-refractivity contribution >= 4 is 10.1 Å². The van der Waals surface area contributed by atoms with Gasteiger partial charge in [-0.3, -0.25) is 4.18 Å². The standard InChI is InChI=1S/C35H40O6S/c1-29-21-23-34(24-22-29)42(36,37)41-27-25-33(39-28-38-2)20-12-13-26-40-35(30-14-6-3-7-15-30,31-16-8-4-9-17-31)32-18-10-5-11-19-32/h3-11,14-19,21-24,33H,12-13,20,25-28H2,1-2H3/t33-/m0/s1. The van der Waals surface area contributed by atoms with Gasteiger partial charge in [0.25, 0.3) is 10.1 Å². The minimum atomic E-state index is -3.82. The topological polar surface area (TPSA) is 71.1 Å². The molecular formula is C35H40O6S. The van der Waals surface area contributed by atoms with Crippen molar-refractivity contribution in [1.29, 1.82) is 0 Å². The molecule has 0 unspecified atom stereocenters. The second-order valence-corrected chi connectivity index (χ2v) is 11.8. The van der Waals surface area contributed by atoms with Gasteiger partial charge in [0.2, 0.25) is 0 Å². The van der Waals surface area contributed by atoms with E-state index in [4.69, 9.17) is 18.4 Å². The molecule has 0 aromatic heterocycles. The van der Waals surface area contributed by atoms with Crippen molar-refractivity contribution < 1.29 is 26.8 Å². The third kappa shape index (κ3) is 8.37. The maximum absolute atomic E-state index is 12.6. The van der Waals surface area contributed by atoms with E-state index in [0.29, 0.717) is 13.0 Å². The van der Waals surface area contributed by atoms with Crippen molar-refractivity contribution in [2.45, 2.75) is 49.2 Å². The summed E-state index contributed by atoms with van der Waals surface area (Å²) in [4.78, 5) is 0.151.